The molecule has 0 N–H and O–H groups in total. The lowest BCUT2D eigenvalue weighted by Crippen LogP contribution is -2.20. The van der Waals surface area contributed by atoms with Crippen LogP contribution in [0.2, 0.25) is 0 Å². The molecule has 0 aromatic rings. The Labute approximate surface area is 59.6 Å². The van der Waals surface area contributed by atoms with Crippen molar-refractivity contribution in [3.05, 3.63) is 0 Å². The fourth-order valence-electron chi connectivity index (χ4n) is 2.03. The molecule has 2 aliphatic rings. The van der Waals surface area contributed by atoms with Crippen LogP contribution in [0.4, 0.5) is 0 Å². The molecule has 2 heteroatoms. The number of Topliss-reactive ketones (excluding diaryl/α,β-unsaturated/α-hetero) is 2. The molecule has 0 unspecified atom stereocenters. The highest BCUT2D eigenvalue weighted by atomic mass is 16.2. The molecular formula is C8H10O2. The monoisotopic (exact) mass is 138 g/mol. The molecule has 0 saturated heterocycles. The zero-order chi connectivity index (χ0) is 7.14. The average Bonchev–Trinajstić information content (AvgIpc) is 2.21. The van der Waals surface area contributed by atoms with Gasteiger partial charge in [-0.15, -0.1) is 0 Å². The van der Waals surface area contributed by atoms with E-state index in [0.29, 0.717) is 18.8 Å². The summed E-state index contributed by atoms with van der Waals surface area (Å²) in [4.78, 5) is 22.1. The minimum Gasteiger partial charge on any atom is -0.299 e. The van der Waals surface area contributed by atoms with Crippen LogP contribution < -0.4 is 0 Å². The van der Waals surface area contributed by atoms with Crippen molar-refractivity contribution in [3.63, 3.8) is 0 Å². The number of carbonyl (C=O) groups excluding carboxylic acids is 2. The lowest BCUT2D eigenvalue weighted by Gasteiger charge is -2.14. The van der Waals surface area contributed by atoms with Gasteiger partial charge in [-0.05, 0) is 18.8 Å². The highest BCUT2D eigenvalue weighted by Crippen LogP contribution is 2.37. The Morgan fingerprint density at radius 1 is 1.20 bits per heavy atom. The van der Waals surface area contributed by atoms with Gasteiger partial charge < -0.3 is 0 Å². The Bertz CT molecular complexity index is 187. The third kappa shape index (κ3) is 0.713. The van der Waals surface area contributed by atoms with Gasteiger partial charge in [-0.1, -0.05) is 0 Å². The molecule has 0 aliphatic heterocycles. The second-order valence-electron chi connectivity index (χ2n) is 3.33. The lowest BCUT2D eigenvalue weighted by atomic mass is 9.88. The molecule has 10 heavy (non-hydrogen) atoms. The van der Waals surface area contributed by atoms with E-state index in [9.17, 15) is 9.59 Å². The largest absolute Gasteiger partial charge is 0.299 e. The Morgan fingerprint density at radius 3 is 2.70 bits per heavy atom. The summed E-state index contributed by atoms with van der Waals surface area (Å²) in [7, 11) is 0. The molecule has 0 heterocycles. The van der Waals surface area contributed by atoms with Crippen LogP contribution in [0.5, 0.6) is 0 Å². The van der Waals surface area contributed by atoms with E-state index >= 15 is 0 Å². The van der Waals surface area contributed by atoms with Crippen molar-refractivity contribution in [2.45, 2.75) is 25.7 Å². The molecule has 0 radical (unpaired) electrons. The molecule has 0 amide bonds. The third-order valence-corrected chi connectivity index (χ3v) is 2.64. The van der Waals surface area contributed by atoms with Gasteiger partial charge in [-0.3, -0.25) is 9.59 Å². The van der Waals surface area contributed by atoms with E-state index in [1.807, 2.05) is 0 Å². The predicted octanol–water partition coefficient (Wildman–Crippen LogP) is 0.945. The molecule has 2 bridgehead atoms. The Kier molecular flexibility index (Phi) is 1.16. The fraction of sp³-hybridized carbons (Fsp3) is 0.750. The minimum atomic E-state index is -0.182. The van der Waals surface area contributed by atoms with Crippen LogP contribution in [0.15, 0.2) is 0 Å². The zero-order valence-corrected chi connectivity index (χ0v) is 5.80. The second-order valence-corrected chi connectivity index (χ2v) is 3.33. The minimum absolute atomic E-state index is 0.182. The van der Waals surface area contributed by atoms with Crippen molar-refractivity contribution in [2.24, 2.45) is 11.8 Å². The maximum absolute atomic E-state index is 11.0. The summed E-state index contributed by atoms with van der Waals surface area (Å²) in [6, 6.07) is 0. The van der Waals surface area contributed by atoms with E-state index in [1.54, 1.807) is 0 Å². The summed E-state index contributed by atoms with van der Waals surface area (Å²) in [6.45, 7) is 0. The van der Waals surface area contributed by atoms with Crippen molar-refractivity contribution < 1.29 is 9.59 Å². The quantitative estimate of drug-likeness (QED) is 0.467. The smallest absolute Gasteiger partial charge is 0.143 e. The van der Waals surface area contributed by atoms with Crippen molar-refractivity contribution in [1.82, 2.24) is 0 Å². The van der Waals surface area contributed by atoms with E-state index in [4.69, 9.17) is 0 Å². The van der Waals surface area contributed by atoms with Gasteiger partial charge in [0, 0.05) is 12.8 Å². The molecule has 0 spiro atoms. The highest BCUT2D eigenvalue weighted by Gasteiger charge is 2.40. The van der Waals surface area contributed by atoms with Gasteiger partial charge >= 0.3 is 0 Å². The summed E-state index contributed by atoms with van der Waals surface area (Å²) in [6.07, 6.45) is 3.15. The molecule has 0 aromatic heterocycles. The SMILES string of the molecule is O=C1CC[C@H]2CC(=O)[C@@H]1C2. The maximum atomic E-state index is 11.0. The number of fused-ring (bicyclic) bond motifs is 2. The average molecular weight is 138 g/mol. The molecule has 54 valence electrons. The van der Waals surface area contributed by atoms with Gasteiger partial charge in [-0.2, -0.15) is 0 Å². The van der Waals surface area contributed by atoms with E-state index < -0.39 is 0 Å². The molecule has 2 aliphatic carbocycles. The third-order valence-electron chi connectivity index (χ3n) is 2.64. The molecular weight excluding hydrogens is 128 g/mol. The summed E-state index contributed by atoms with van der Waals surface area (Å²) in [5.41, 5.74) is 0. The van der Waals surface area contributed by atoms with Crippen molar-refractivity contribution >= 4 is 11.6 Å². The van der Waals surface area contributed by atoms with Crippen LogP contribution in [0.25, 0.3) is 0 Å². The Morgan fingerprint density at radius 2 is 2.00 bits per heavy atom. The van der Waals surface area contributed by atoms with Crippen molar-refractivity contribution in [2.75, 3.05) is 0 Å². The fourth-order valence-corrected chi connectivity index (χ4v) is 2.03. The summed E-state index contributed by atoms with van der Waals surface area (Å²) < 4.78 is 0. The van der Waals surface area contributed by atoms with Crippen LogP contribution in [0, 0.1) is 11.8 Å². The molecule has 2 saturated carbocycles. The van der Waals surface area contributed by atoms with Crippen LogP contribution in [0.1, 0.15) is 25.7 Å². The van der Waals surface area contributed by atoms with Gasteiger partial charge in [0.25, 0.3) is 0 Å². The number of rotatable bonds is 0. The summed E-state index contributed by atoms with van der Waals surface area (Å²) in [5, 5.41) is 0. The van der Waals surface area contributed by atoms with Gasteiger partial charge in [0.2, 0.25) is 0 Å². The second kappa shape index (κ2) is 1.91. The van der Waals surface area contributed by atoms with Crippen LogP contribution in [-0.2, 0) is 9.59 Å². The summed E-state index contributed by atoms with van der Waals surface area (Å²) >= 11 is 0. The summed E-state index contributed by atoms with van der Waals surface area (Å²) in [5.74, 6) is 0.764. The Balaban J connectivity index is 2.25. The van der Waals surface area contributed by atoms with Crippen LogP contribution in [-0.4, -0.2) is 11.6 Å². The van der Waals surface area contributed by atoms with Crippen LogP contribution in [0.3, 0.4) is 0 Å². The van der Waals surface area contributed by atoms with E-state index in [1.165, 1.54) is 0 Å². The van der Waals surface area contributed by atoms with Crippen LogP contribution >= 0.6 is 0 Å². The number of ketones is 2. The van der Waals surface area contributed by atoms with Gasteiger partial charge in [-0.25, -0.2) is 0 Å². The molecule has 0 aromatic carbocycles. The number of carbonyl (C=O) groups is 2. The predicted molar refractivity (Wildman–Crippen MR) is 35.5 cm³/mol. The first-order valence-corrected chi connectivity index (χ1v) is 3.83. The number of hydrogen-bond acceptors (Lipinski definition) is 2. The molecule has 2 atom stereocenters. The van der Waals surface area contributed by atoms with Crippen molar-refractivity contribution in [3.8, 4) is 0 Å². The standard InChI is InChI=1S/C8H10O2/c9-7-2-1-5-3-6(7)8(10)4-5/h5-6H,1-4H2/t5-,6-/m1/s1. The van der Waals surface area contributed by atoms with Crippen molar-refractivity contribution in [1.29, 1.82) is 0 Å². The number of hydrogen-bond donors (Lipinski definition) is 0. The Hall–Kier alpha value is -0.660. The highest BCUT2D eigenvalue weighted by molar-refractivity contribution is 6.04. The normalized spacial score (nSPS) is 38.8. The van der Waals surface area contributed by atoms with Gasteiger partial charge in [0.05, 0.1) is 5.92 Å². The van der Waals surface area contributed by atoms with Gasteiger partial charge in [0.1, 0.15) is 11.6 Å². The maximum Gasteiger partial charge on any atom is 0.143 e. The first kappa shape index (κ1) is 6.08. The zero-order valence-electron chi connectivity index (χ0n) is 5.80. The molecule has 2 fully saturated rings. The molecule has 2 nitrogen and oxygen atoms in total. The topological polar surface area (TPSA) is 34.1 Å². The van der Waals surface area contributed by atoms with Gasteiger partial charge in [0.15, 0.2) is 0 Å². The van der Waals surface area contributed by atoms with E-state index in [0.717, 1.165) is 12.8 Å². The molecule has 2 rings (SSSR count). The lowest BCUT2D eigenvalue weighted by molar-refractivity contribution is -0.131. The van der Waals surface area contributed by atoms with E-state index in [2.05, 4.69) is 0 Å². The first-order chi connectivity index (χ1) is 4.77. The van der Waals surface area contributed by atoms with E-state index in [-0.39, 0.29) is 17.5 Å². The first-order valence-electron chi connectivity index (χ1n) is 3.83.